The quantitative estimate of drug-likeness (QED) is 0.175. The smallest absolute Gasteiger partial charge is 0.0541 e. The summed E-state index contributed by atoms with van der Waals surface area (Å²) < 4.78 is 5.16. The fourth-order valence-electron chi connectivity index (χ4n) is 9.98. The Hall–Kier alpha value is -5.86. The molecule has 0 saturated carbocycles. The number of aromatic nitrogens is 2. The van der Waals surface area contributed by atoms with Crippen molar-refractivity contribution in [3.8, 4) is 22.3 Å². The van der Waals surface area contributed by atoms with Crippen LogP contribution in [0.15, 0.2) is 152 Å². The maximum Gasteiger partial charge on any atom is 0.0541 e. The third-order valence-corrected chi connectivity index (χ3v) is 12.6. The van der Waals surface area contributed by atoms with E-state index in [0.29, 0.717) is 6.04 Å². The summed E-state index contributed by atoms with van der Waals surface area (Å²) in [5.41, 5.74) is 17.6. The molecule has 53 heavy (non-hydrogen) atoms. The van der Waals surface area contributed by atoms with E-state index in [2.05, 4.69) is 175 Å². The van der Waals surface area contributed by atoms with Gasteiger partial charge in [0.05, 0.1) is 11.0 Å². The molecule has 0 radical (unpaired) electrons. The Kier molecular flexibility index (Phi) is 6.71. The van der Waals surface area contributed by atoms with Crippen molar-refractivity contribution in [3.05, 3.63) is 168 Å². The molecule has 0 bridgehead atoms. The average molecular weight is 683 g/mol. The zero-order chi connectivity index (χ0) is 35.3. The minimum absolute atomic E-state index is 0.0399. The van der Waals surface area contributed by atoms with Gasteiger partial charge < -0.3 is 9.13 Å². The van der Waals surface area contributed by atoms with Crippen LogP contribution in [0.3, 0.4) is 0 Å². The molecule has 0 N–H and O–H groups in total. The highest BCUT2D eigenvalue weighted by Gasteiger charge is 2.36. The van der Waals surface area contributed by atoms with Gasteiger partial charge in [0.15, 0.2) is 0 Å². The Labute approximate surface area is 311 Å². The van der Waals surface area contributed by atoms with Gasteiger partial charge in [-0.25, -0.2) is 0 Å². The Morgan fingerprint density at radius 1 is 0.547 bits per heavy atom. The van der Waals surface area contributed by atoms with Crippen LogP contribution in [0, 0.1) is 0 Å². The van der Waals surface area contributed by atoms with Gasteiger partial charge in [-0.1, -0.05) is 117 Å². The van der Waals surface area contributed by atoms with Crippen LogP contribution in [0.2, 0.25) is 0 Å². The molecule has 0 fully saturated rings. The number of nitrogens with zero attached hydrogens (tertiary/aromatic N) is 2. The average Bonchev–Trinajstić information content (AvgIpc) is 3.80. The first-order valence-corrected chi connectivity index (χ1v) is 19.4. The number of para-hydroxylation sites is 1. The van der Waals surface area contributed by atoms with Gasteiger partial charge in [0.2, 0.25) is 0 Å². The second kappa shape index (κ2) is 11.6. The predicted molar refractivity (Wildman–Crippen MR) is 225 cm³/mol. The molecule has 6 aromatic carbocycles. The van der Waals surface area contributed by atoms with Gasteiger partial charge in [0.1, 0.15) is 0 Å². The van der Waals surface area contributed by atoms with Crippen molar-refractivity contribution in [1.29, 1.82) is 0 Å². The lowest BCUT2D eigenvalue weighted by molar-refractivity contribution is 0.490. The molecule has 3 aliphatic rings. The topological polar surface area (TPSA) is 9.86 Å². The van der Waals surface area contributed by atoms with Crippen molar-refractivity contribution in [2.24, 2.45) is 0 Å². The summed E-state index contributed by atoms with van der Waals surface area (Å²) in [6.07, 6.45) is 14.9. The summed E-state index contributed by atoms with van der Waals surface area (Å²) in [5, 5.41) is 5.39. The predicted octanol–water partition coefficient (Wildman–Crippen LogP) is 13.9. The van der Waals surface area contributed by atoms with Crippen LogP contribution in [0.25, 0.3) is 77.1 Å². The minimum atomic E-state index is -0.0399. The lowest BCUT2D eigenvalue weighted by atomic mass is 9.82. The lowest BCUT2D eigenvalue weighted by Crippen LogP contribution is -2.16. The van der Waals surface area contributed by atoms with E-state index in [1.165, 1.54) is 93.8 Å². The standard InChI is InChI=1S/C51H42N2/c1-51(2)45-19-11-9-17-39(45)41-31-44-43-30-35(33-13-5-3-6-14-33)23-28-49(43)53(50(44)32-46(41)51)38-25-21-34(22-26-38)36-24-27-48-42(29-36)40-18-10-12-20-47(40)52(48)37-15-7-4-8-16-37/h3,5-7,9-21,23-24,27-32,38H,4,8,22,25-26H2,1-2H3. The lowest BCUT2D eigenvalue weighted by Gasteiger charge is -2.26. The Bertz CT molecular complexity index is 2890. The van der Waals surface area contributed by atoms with Crippen LogP contribution in [-0.4, -0.2) is 9.13 Å². The van der Waals surface area contributed by atoms with E-state index in [1.54, 1.807) is 0 Å². The van der Waals surface area contributed by atoms with E-state index < -0.39 is 0 Å². The second-order valence-corrected chi connectivity index (χ2v) is 15.9. The molecule has 0 aliphatic heterocycles. The van der Waals surface area contributed by atoms with Gasteiger partial charge in [0, 0.05) is 49.7 Å². The first-order valence-electron chi connectivity index (χ1n) is 19.4. The van der Waals surface area contributed by atoms with Crippen molar-refractivity contribution < 1.29 is 0 Å². The van der Waals surface area contributed by atoms with E-state index in [-0.39, 0.29) is 5.41 Å². The summed E-state index contributed by atoms with van der Waals surface area (Å²) in [6, 6.07) is 48.6. The molecule has 256 valence electrons. The zero-order valence-electron chi connectivity index (χ0n) is 30.4. The molecule has 1 atom stereocenters. The monoisotopic (exact) mass is 682 g/mol. The van der Waals surface area contributed by atoms with E-state index >= 15 is 0 Å². The van der Waals surface area contributed by atoms with Crippen molar-refractivity contribution in [3.63, 3.8) is 0 Å². The molecule has 0 amide bonds. The summed E-state index contributed by atoms with van der Waals surface area (Å²) in [5.74, 6) is 0. The van der Waals surface area contributed by atoms with Crippen LogP contribution in [0.1, 0.15) is 68.7 Å². The molecule has 3 aliphatic carbocycles. The number of hydrogen-bond acceptors (Lipinski definition) is 0. The Balaban J connectivity index is 1.03. The summed E-state index contributed by atoms with van der Waals surface area (Å²) >= 11 is 0. The minimum Gasteiger partial charge on any atom is -0.337 e. The van der Waals surface area contributed by atoms with Gasteiger partial charge in [-0.2, -0.15) is 0 Å². The molecular weight excluding hydrogens is 641 g/mol. The third-order valence-electron chi connectivity index (χ3n) is 12.6. The normalized spacial score (nSPS) is 17.7. The molecule has 11 rings (SSSR count). The first kappa shape index (κ1) is 30.7. The van der Waals surface area contributed by atoms with Gasteiger partial charge in [-0.05, 0) is 125 Å². The molecule has 1 unspecified atom stereocenters. The highest BCUT2D eigenvalue weighted by atomic mass is 15.0. The molecule has 2 nitrogen and oxygen atoms in total. The van der Waals surface area contributed by atoms with Gasteiger partial charge in [-0.15, -0.1) is 0 Å². The number of rotatable bonds is 4. The van der Waals surface area contributed by atoms with Gasteiger partial charge in [0.25, 0.3) is 0 Å². The van der Waals surface area contributed by atoms with Crippen molar-refractivity contribution >= 4 is 54.9 Å². The summed E-state index contributed by atoms with van der Waals surface area (Å²) in [6.45, 7) is 4.80. The van der Waals surface area contributed by atoms with Crippen molar-refractivity contribution in [2.75, 3.05) is 0 Å². The van der Waals surface area contributed by atoms with E-state index in [4.69, 9.17) is 0 Å². The van der Waals surface area contributed by atoms with Crippen molar-refractivity contribution in [1.82, 2.24) is 9.13 Å². The Morgan fingerprint density at radius 2 is 1.28 bits per heavy atom. The Morgan fingerprint density at radius 3 is 2.13 bits per heavy atom. The molecule has 2 aromatic heterocycles. The largest absolute Gasteiger partial charge is 0.337 e. The molecule has 8 aromatic rings. The molecule has 0 spiro atoms. The highest BCUT2D eigenvalue weighted by Crippen LogP contribution is 2.52. The molecule has 2 heterocycles. The van der Waals surface area contributed by atoms with Crippen LogP contribution < -0.4 is 0 Å². The van der Waals surface area contributed by atoms with Crippen LogP contribution in [0.4, 0.5) is 0 Å². The zero-order valence-corrected chi connectivity index (χ0v) is 30.4. The van der Waals surface area contributed by atoms with E-state index in [0.717, 1.165) is 32.1 Å². The van der Waals surface area contributed by atoms with Crippen LogP contribution in [-0.2, 0) is 5.41 Å². The van der Waals surface area contributed by atoms with E-state index in [1.807, 2.05) is 0 Å². The summed E-state index contributed by atoms with van der Waals surface area (Å²) in [7, 11) is 0. The fraction of sp³-hybridized carbons (Fsp3) is 0.176. The number of fused-ring (bicyclic) bond motifs is 9. The van der Waals surface area contributed by atoms with Crippen LogP contribution >= 0.6 is 0 Å². The first-order chi connectivity index (χ1) is 26.0. The van der Waals surface area contributed by atoms with Gasteiger partial charge in [-0.3, -0.25) is 0 Å². The molecular formula is C51H42N2. The number of allylic oxidation sites excluding steroid dienone is 6. The van der Waals surface area contributed by atoms with Crippen LogP contribution in [0.5, 0.6) is 0 Å². The second-order valence-electron chi connectivity index (χ2n) is 15.9. The maximum absolute atomic E-state index is 2.70. The number of hydrogen-bond donors (Lipinski definition) is 0. The molecule has 0 saturated heterocycles. The molecule has 2 heteroatoms. The SMILES string of the molecule is CC1(C)c2ccccc2-c2cc3c4cc(-c5ccccc5)ccc4n(C4CC=C(c5ccc6c(c5)c5ccccc5n6C5=CCCC=C5)CC4)c3cc21. The van der Waals surface area contributed by atoms with Crippen molar-refractivity contribution in [2.45, 2.75) is 57.4 Å². The van der Waals surface area contributed by atoms with Gasteiger partial charge >= 0.3 is 0 Å². The highest BCUT2D eigenvalue weighted by molar-refractivity contribution is 6.13. The summed E-state index contributed by atoms with van der Waals surface area (Å²) in [4.78, 5) is 0. The third kappa shape index (κ3) is 4.58. The van der Waals surface area contributed by atoms with E-state index in [9.17, 15) is 0 Å². The fourth-order valence-corrected chi connectivity index (χ4v) is 9.98. The number of benzene rings is 6. The maximum atomic E-state index is 2.70.